The molecule has 0 saturated heterocycles. The smallest absolute Gasteiger partial charge is 0.337 e. The Morgan fingerprint density at radius 1 is 1.19 bits per heavy atom. The molecule has 43 heavy (non-hydrogen) atoms. The molecule has 14 heteroatoms. The summed E-state index contributed by atoms with van der Waals surface area (Å²) < 4.78 is 22.0. The molecule has 1 aromatic heterocycles. The average molecular weight is 594 g/mol. The van der Waals surface area contributed by atoms with Crippen molar-refractivity contribution in [2.75, 3.05) is 20.3 Å². The zero-order valence-electron chi connectivity index (χ0n) is 23.9. The first kappa shape index (κ1) is 30.6. The Morgan fingerprint density at radius 2 is 1.98 bits per heavy atom. The molecule has 2 atom stereocenters. The number of hydrogen-bond donors (Lipinski definition) is 4. The van der Waals surface area contributed by atoms with Gasteiger partial charge in [0.2, 0.25) is 0 Å². The number of carbonyl (C=O) groups is 2. The van der Waals surface area contributed by atoms with Crippen molar-refractivity contribution in [1.82, 2.24) is 16.1 Å². The van der Waals surface area contributed by atoms with E-state index in [0.717, 1.165) is 0 Å². The van der Waals surface area contributed by atoms with E-state index < -0.39 is 29.2 Å². The Bertz CT molecular complexity index is 1580. The fourth-order valence-corrected chi connectivity index (χ4v) is 4.35. The van der Waals surface area contributed by atoms with E-state index in [1.807, 2.05) is 0 Å². The summed E-state index contributed by atoms with van der Waals surface area (Å²) in [4.78, 5) is 35.3. The van der Waals surface area contributed by atoms with Crippen molar-refractivity contribution in [3.63, 3.8) is 0 Å². The fourth-order valence-electron chi connectivity index (χ4n) is 4.35. The molecule has 0 bridgehead atoms. The van der Waals surface area contributed by atoms with Crippen LogP contribution in [0.2, 0.25) is 0 Å². The number of furan rings is 1. The number of ether oxygens (including phenoxy) is 3. The number of allylic oxidation sites excluding steroid dienone is 1. The van der Waals surface area contributed by atoms with Gasteiger partial charge in [0.15, 0.2) is 17.7 Å². The standard InChI is InChI=1S/C29H31N5O9/c1-5-41-24-13-19(27-26(28(36)40-4)17(3)31-29(37)32-27)8-10-23(24)42-15-25(35)33-30-14-20-9-11-22(43-20)18-7-6-16(2)21(12-18)34(38)39/h6-14,25,27,33,35H,5,15H2,1-4H3,(H2,31,32,37)/b30-14+/t25-,27+/m1/s1. The molecule has 226 valence electrons. The van der Waals surface area contributed by atoms with Gasteiger partial charge >= 0.3 is 12.0 Å². The Hall–Kier alpha value is -5.37. The van der Waals surface area contributed by atoms with E-state index in [1.54, 1.807) is 63.2 Å². The summed E-state index contributed by atoms with van der Waals surface area (Å²) >= 11 is 0. The summed E-state index contributed by atoms with van der Waals surface area (Å²) in [6, 6.07) is 11.8. The zero-order valence-corrected chi connectivity index (χ0v) is 23.9. The molecule has 2 amide bonds. The largest absolute Gasteiger partial charge is 0.490 e. The highest BCUT2D eigenvalue weighted by Gasteiger charge is 2.32. The number of benzene rings is 2. The number of hydrogen-bond acceptors (Lipinski definition) is 11. The number of rotatable bonds is 12. The van der Waals surface area contributed by atoms with Crippen molar-refractivity contribution in [1.29, 1.82) is 0 Å². The summed E-state index contributed by atoms with van der Waals surface area (Å²) in [7, 11) is 1.26. The van der Waals surface area contributed by atoms with E-state index in [9.17, 15) is 24.8 Å². The number of methoxy groups -OCH3 is 1. The molecule has 0 saturated carbocycles. The third-order valence-corrected chi connectivity index (χ3v) is 6.40. The lowest BCUT2D eigenvalue weighted by molar-refractivity contribution is -0.385. The second kappa shape index (κ2) is 13.5. The SMILES string of the molecule is CCOc1cc([C@@H]2NC(=O)NC(C)=C2C(=O)OC)ccc1OC[C@@H](O)N/N=C/c1ccc(-c2ccc(C)c([N+](=O)[O-])c2)o1. The maximum Gasteiger partial charge on any atom is 0.337 e. The predicted molar refractivity (Wildman–Crippen MR) is 155 cm³/mol. The highest BCUT2D eigenvalue weighted by Crippen LogP contribution is 2.35. The normalized spacial score (nSPS) is 15.5. The molecule has 0 unspecified atom stereocenters. The number of nitro groups is 1. The summed E-state index contributed by atoms with van der Waals surface area (Å²) in [5, 5.41) is 30.8. The van der Waals surface area contributed by atoms with Crippen LogP contribution in [0.5, 0.6) is 11.5 Å². The van der Waals surface area contributed by atoms with Crippen molar-refractivity contribution in [3.8, 4) is 22.8 Å². The van der Waals surface area contributed by atoms with Crippen molar-refractivity contribution >= 4 is 23.9 Å². The minimum Gasteiger partial charge on any atom is -0.490 e. The van der Waals surface area contributed by atoms with Crippen LogP contribution in [0.1, 0.15) is 36.8 Å². The average Bonchev–Trinajstić information content (AvgIpc) is 3.45. The molecule has 3 aromatic rings. The molecule has 0 fully saturated rings. The van der Waals surface area contributed by atoms with Crippen LogP contribution in [0.3, 0.4) is 0 Å². The van der Waals surface area contributed by atoms with E-state index in [2.05, 4.69) is 21.2 Å². The number of aryl methyl sites for hydroxylation is 1. The molecule has 1 aliphatic heterocycles. The number of aliphatic hydroxyl groups excluding tert-OH is 1. The number of nitrogens with zero attached hydrogens (tertiary/aromatic N) is 2. The van der Waals surface area contributed by atoms with Crippen molar-refractivity contribution in [3.05, 3.63) is 86.8 Å². The molecule has 0 spiro atoms. The van der Waals surface area contributed by atoms with Gasteiger partial charge in [-0.2, -0.15) is 5.10 Å². The van der Waals surface area contributed by atoms with Crippen LogP contribution in [-0.2, 0) is 9.53 Å². The third kappa shape index (κ3) is 7.29. The third-order valence-electron chi connectivity index (χ3n) is 6.40. The monoisotopic (exact) mass is 593 g/mol. The lowest BCUT2D eigenvalue weighted by atomic mass is 9.95. The lowest BCUT2D eigenvalue weighted by Crippen LogP contribution is -2.45. The van der Waals surface area contributed by atoms with E-state index in [0.29, 0.717) is 52.0 Å². The maximum absolute atomic E-state index is 12.4. The van der Waals surface area contributed by atoms with E-state index in [1.165, 1.54) is 19.4 Å². The number of esters is 1. The molecule has 0 aliphatic carbocycles. The second-order valence-electron chi connectivity index (χ2n) is 9.38. The number of carbonyl (C=O) groups excluding carboxylic acids is 2. The van der Waals surface area contributed by atoms with E-state index >= 15 is 0 Å². The van der Waals surface area contributed by atoms with Gasteiger partial charge in [0.05, 0.1) is 36.5 Å². The van der Waals surface area contributed by atoms with Gasteiger partial charge in [0.1, 0.15) is 18.1 Å². The lowest BCUT2D eigenvalue weighted by Gasteiger charge is -2.28. The molecule has 1 aliphatic rings. The number of amides is 2. The van der Waals surface area contributed by atoms with Crippen LogP contribution >= 0.6 is 0 Å². The van der Waals surface area contributed by atoms with E-state index in [4.69, 9.17) is 18.6 Å². The Kier molecular flexibility index (Phi) is 9.62. The van der Waals surface area contributed by atoms with Gasteiger partial charge in [-0.1, -0.05) is 18.2 Å². The van der Waals surface area contributed by atoms with Gasteiger partial charge in [-0.25, -0.2) is 9.59 Å². The van der Waals surface area contributed by atoms with Gasteiger partial charge in [0.25, 0.3) is 5.69 Å². The first-order valence-electron chi connectivity index (χ1n) is 13.2. The maximum atomic E-state index is 12.4. The first-order valence-corrected chi connectivity index (χ1v) is 13.2. The molecule has 2 aromatic carbocycles. The number of hydrazone groups is 1. The molecule has 4 rings (SSSR count). The Labute approximate surface area is 246 Å². The van der Waals surface area contributed by atoms with Crippen molar-refractivity contribution < 1.29 is 38.2 Å². The minimum atomic E-state index is -1.21. The Morgan fingerprint density at radius 3 is 2.70 bits per heavy atom. The molecule has 4 N–H and O–H groups in total. The quantitative estimate of drug-likeness (QED) is 0.0793. The molecular formula is C29H31N5O9. The summed E-state index contributed by atoms with van der Waals surface area (Å²) in [5.74, 6) is 0.846. The fraction of sp³-hybridized carbons (Fsp3) is 0.276. The van der Waals surface area contributed by atoms with Crippen molar-refractivity contribution in [2.45, 2.75) is 33.0 Å². The summed E-state index contributed by atoms with van der Waals surface area (Å²) in [5.41, 5.74) is 4.80. The van der Waals surface area contributed by atoms with Gasteiger partial charge in [-0.3, -0.25) is 15.5 Å². The second-order valence-corrected chi connectivity index (χ2v) is 9.38. The number of nitrogens with one attached hydrogen (secondary N) is 3. The Balaban J connectivity index is 1.39. The summed E-state index contributed by atoms with van der Waals surface area (Å²) in [6.45, 7) is 5.16. The van der Waals surface area contributed by atoms with Gasteiger partial charge in [-0.15, -0.1) is 0 Å². The predicted octanol–water partition coefficient (Wildman–Crippen LogP) is 3.68. The minimum absolute atomic E-state index is 0.00743. The van der Waals surface area contributed by atoms with Crippen LogP contribution in [0, 0.1) is 17.0 Å². The van der Waals surface area contributed by atoms with Gasteiger partial charge in [0, 0.05) is 22.9 Å². The van der Waals surface area contributed by atoms with E-state index in [-0.39, 0.29) is 17.9 Å². The first-order chi connectivity index (χ1) is 20.6. The highest BCUT2D eigenvalue weighted by molar-refractivity contribution is 5.95. The van der Waals surface area contributed by atoms with Crippen molar-refractivity contribution in [2.24, 2.45) is 5.10 Å². The molecular weight excluding hydrogens is 562 g/mol. The summed E-state index contributed by atoms with van der Waals surface area (Å²) in [6.07, 6.45) is 0.136. The van der Waals surface area contributed by atoms with Gasteiger partial charge in [-0.05, 0) is 50.6 Å². The van der Waals surface area contributed by atoms with Crippen LogP contribution in [0.15, 0.2) is 69.3 Å². The van der Waals surface area contributed by atoms with Crippen LogP contribution < -0.4 is 25.5 Å². The molecule has 14 nitrogen and oxygen atoms in total. The zero-order chi connectivity index (χ0) is 31.1. The van der Waals surface area contributed by atoms with Crippen LogP contribution in [0.4, 0.5) is 10.5 Å². The number of urea groups is 1. The number of aliphatic hydroxyl groups is 1. The molecule has 0 radical (unpaired) electrons. The molecule has 2 heterocycles. The van der Waals surface area contributed by atoms with Crippen LogP contribution in [-0.4, -0.2) is 54.8 Å². The highest BCUT2D eigenvalue weighted by atomic mass is 16.6. The van der Waals surface area contributed by atoms with Gasteiger partial charge < -0.3 is 34.4 Å². The number of nitro benzene ring substituents is 1. The van der Waals surface area contributed by atoms with Crippen LogP contribution in [0.25, 0.3) is 11.3 Å². The topological polar surface area (TPSA) is 187 Å².